The molecule has 0 bridgehead atoms. The minimum atomic E-state index is -1.13. The topological polar surface area (TPSA) is 110 Å². The molecule has 106 valence electrons. The number of carboxylic acids is 1. The van der Waals surface area contributed by atoms with E-state index < -0.39 is 5.97 Å². The summed E-state index contributed by atoms with van der Waals surface area (Å²) in [6.07, 6.45) is 1.21. The molecule has 8 heteroatoms. The van der Waals surface area contributed by atoms with E-state index in [1.54, 1.807) is 20.9 Å². The first-order chi connectivity index (χ1) is 9.32. The fourth-order valence-electron chi connectivity index (χ4n) is 1.88. The van der Waals surface area contributed by atoms with Crippen molar-refractivity contribution in [2.24, 2.45) is 7.05 Å². The van der Waals surface area contributed by atoms with Crippen LogP contribution in [0.1, 0.15) is 27.2 Å². The number of nitrogens with zero attached hydrogens (tertiary/aromatic N) is 3. The highest BCUT2D eigenvalue weighted by Crippen LogP contribution is 2.08. The summed E-state index contributed by atoms with van der Waals surface area (Å²) < 4.78 is 2.46. The van der Waals surface area contributed by atoms with Crippen LogP contribution >= 0.6 is 0 Å². The SMILES string of the molecule is Cc1c(C)c(=O)n(Cc2c(C(=O)O)cnn2C)[nH]c1=O. The minimum absolute atomic E-state index is 0.00141. The van der Waals surface area contributed by atoms with Gasteiger partial charge in [-0.05, 0) is 13.8 Å². The minimum Gasteiger partial charge on any atom is -0.478 e. The lowest BCUT2D eigenvalue weighted by atomic mass is 10.2. The molecule has 0 atom stereocenters. The Morgan fingerprint density at radius 1 is 1.35 bits per heavy atom. The molecule has 2 aromatic rings. The highest BCUT2D eigenvalue weighted by atomic mass is 16.4. The van der Waals surface area contributed by atoms with Crippen molar-refractivity contribution in [1.29, 1.82) is 0 Å². The third-order valence-electron chi connectivity index (χ3n) is 3.31. The monoisotopic (exact) mass is 278 g/mol. The van der Waals surface area contributed by atoms with Crippen LogP contribution in [0.15, 0.2) is 15.8 Å². The summed E-state index contributed by atoms with van der Waals surface area (Å²) in [6, 6.07) is 0. The molecule has 2 N–H and O–H groups in total. The number of aryl methyl sites for hydroxylation is 1. The highest BCUT2D eigenvalue weighted by Gasteiger charge is 2.17. The maximum absolute atomic E-state index is 12.1. The van der Waals surface area contributed by atoms with Gasteiger partial charge in [-0.1, -0.05) is 0 Å². The van der Waals surface area contributed by atoms with Crippen molar-refractivity contribution in [3.63, 3.8) is 0 Å². The van der Waals surface area contributed by atoms with Crippen molar-refractivity contribution in [3.8, 4) is 0 Å². The van der Waals surface area contributed by atoms with Crippen molar-refractivity contribution in [2.75, 3.05) is 0 Å². The van der Waals surface area contributed by atoms with Crippen LogP contribution in [-0.4, -0.2) is 30.6 Å². The molecule has 0 saturated heterocycles. The van der Waals surface area contributed by atoms with Gasteiger partial charge in [-0.15, -0.1) is 0 Å². The first-order valence-electron chi connectivity index (χ1n) is 5.87. The van der Waals surface area contributed by atoms with E-state index >= 15 is 0 Å². The molecule has 0 aliphatic rings. The Labute approximate surface area is 113 Å². The third kappa shape index (κ3) is 2.15. The molecule has 2 rings (SSSR count). The van der Waals surface area contributed by atoms with Crippen molar-refractivity contribution in [1.82, 2.24) is 19.6 Å². The number of carbonyl (C=O) groups is 1. The summed E-state index contributed by atoms with van der Waals surface area (Å²) in [6.45, 7) is 3.06. The second-order valence-corrected chi connectivity index (χ2v) is 4.52. The molecule has 0 aromatic carbocycles. The predicted octanol–water partition coefficient (Wildman–Crippen LogP) is -0.367. The van der Waals surface area contributed by atoms with Crippen LogP contribution in [0.3, 0.4) is 0 Å². The van der Waals surface area contributed by atoms with E-state index in [4.69, 9.17) is 5.11 Å². The third-order valence-corrected chi connectivity index (χ3v) is 3.31. The molecule has 0 unspecified atom stereocenters. The van der Waals surface area contributed by atoms with E-state index in [1.807, 2.05) is 0 Å². The molecule has 8 nitrogen and oxygen atoms in total. The van der Waals surface area contributed by atoms with Crippen LogP contribution in [0, 0.1) is 13.8 Å². The molecular formula is C12H14N4O4. The van der Waals surface area contributed by atoms with Crippen LogP contribution in [0.2, 0.25) is 0 Å². The number of H-pyrrole nitrogens is 1. The number of aromatic amines is 1. The van der Waals surface area contributed by atoms with E-state index in [9.17, 15) is 14.4 Å². The Morgan fingerprint density at radius 2 is 2.00 bits per heavy atom. The van der Waals surface area contributed by atoms with Gasteiger partial charge in [0.2, 0.25) is 0 Å². The normalized spacial score (nSPS) is 10.8. The van der Waals surface area contributed by atoms with Gasteiger partial charge in [0.15, 0.2) is 0 Å². The second-order valence-electron chi connectivity index (χ2n) is 4.52. The molecular weight excluding hydrogens is 264 g/mol. The quantitative estimate of drug-likeness (QED) is 0.796. The summed E-state index contributed by atoms with van der Waals surface area (Å²) >= 11 is 0. The number of rotatable bonds is 3. The Hall–Kier alpha value is -2.64. The zero-order valence-corrected chi connectivity index (χ0v) is 11.3. The number of nitrogens with one attached hydrogen (secondary N) is 1. The van der Waals surface area contributed by atoms with Crippen LogP contribution in [-0.2, 0) is 13.6 Å². The van der Waals surface area contributed by atoms with Gasteiger partial charge >= 0.3 is 5.97 Å². The highest BCUT2D eigenvalue weighted by molar-refractivity contribution is 5.88. The first kappa shape index (κ1) is 13.8. The summed E-state index contributed by atoms with van der Waals surface area (Å²) in [7, 11) is 1.58. The standard InChI is InChI=1S/C12H14N4O4/c1-6-7(2)11(18)16(14-10(6)17)5-9-8(12(19)20)4-13-15(9)3/h4H,5H2,1-3H3,(H,14,17)(H,19,20). The molecule has 20 heavy (non-hydrogen) atoms. The van der Waals surface area contributed by atoms with Crippen molar-refractivity contribution in [3.05, 3.63) is 49.3 Å². The molecule has 0 saturated carbocycles. The van der Waals surface area contributed by atoms with Crippen molar-refractivity contribution < 1.29 is 9.90 Å². The van der Waals surface area contributed by atoms with Gasteiger partial charge in [-0.25, -0.2) is 9.48 Å². The molecule has 0 amide bonds. The maximum Gasteiger partial charge on any atom is 0.339 e. The lowest BCUT2D eigenvalue weighted by Crippen LogP contribution is -2.34. The average molecular weight is 278 g/mol. The van der Waals surface area contributed by atoms with Gasteiger partial charge in [-0.3, -0.25) is 19.4 Å². The molecule has 0 spiro atoms. The molecule has 0 aliphatic carbocycles. The Balaban J connectivity index is 2.57. The second kappa shape index (κ2) is 4.80. The van der Waals surface area contributed by atoms with Gasteiger partial charge < -0.3 is 5.11 Å². The van der Waals surface area contributed by atoms with E-state index in [0.717, 1.165) is 4.68 Å². The van der Waals surface area contributed by atoms with E-state index in [0.29, 0.717) is 16.8 Å². The van der Waals surface area contributed by atoms with E-state index in [-0.39, 0.29) is 23.2 Å². The van der Waals surface area contributed by atoms with Crippen LogP contribution in [0.4, 0.5) is 0 Å². The number of hydrogen-bond donors (Lipinski definition) is 2. The molecule has 2 aromatic heterocycles. The smallest absolute Gasteiger partial charge is 0.339 e. The average Bonchev–Trinajstić information content (AvgIpc) is 2.75. The summed E-state index contributed by atoms with van der Waals surface area (Å²) in [5.74, 6) is -1.13. The number of aromatic carboxylic acids is 1. The largest absolute Gasteiger partial charge is 0.478 e. The summed E-state index contributed by atoms with van der Waals surface area (Å²) in [4.78, 5) is 34.9. The fourth-order valence-corrected chi connectivity index (χ4v) is 1.88. The van der Waals surface area contributed by atoms with Gasteiger partial charge in [0, 0.05) is 18.2 Å². The maximum atomic E-state index is 12.1. The zero-order chi connectivity index (χ0) is 15.0. The fraction of sp³-hybridized carbons (Fsp3) is 0.333. The van der Waals surface area contributed by atoms with Crippen LogP contribution in [0.25, 0.3) is 0 Å². The predicted molar refractivity (Wildman–Crippen MR) is 70.1 cm³/mol. The zero-order valence-electron chi connectivity index (χ0n) is 11.3. The van der Waals surface area contributed by atoms with Gasteiger partial charge in [0.05, 0.1) is 18.4 Å². The van der Waals surface area contributed by atoms with E-state index in [1.165, 1.54) is 10.9 Å². The van der Waals surface area contributed by atoms with Gasteiger partial charge in [0.1, 0.15) is 5.56 Å². The molecule has 2 heterocycles. The Kier molecular flexibility index (Phi) is 3.31. The number of aromatic nitrogens is 4. The van der Waals surface area contributed by atoms with E-state index in [2.05, 4.69) is 10.2 Å². The lowest BCUT2D eigenvalue weighted by Gasteiger charge is -2.09. The molecule has 0 aliphatic heterocycles. The van der Waals surface area contributed by atoms with Crippen molar-refractivity contribution in [2.45, 2.75) is 20.4 Å². The molecule has 0 fully saturated rings. The Bertz CT molecular complexity index is 797. The summed E-state index contributed by atoms with van der Waals surface area (Å²) in [5.41, 5.74) is 0.292. The summed E-state index contributed by atoms with van der Waals surface area (Å²) in [5, 5.41) is 15.4. The lowest BCUT2D eigenvalue weighted by molar-refractivity contribution is 0.0695. The van der Waals surface area contributed by atoms with Gasteiger partial charge in [-0.2, -0.15) is 5.10 Å². The van der Waals surface area contributed by atoms with Crippen molar-refractivity contribution >= 4 is 5.97 Å². The Morgan fingerprint density at radius 3 is 2.60 bits per heavy atom. The number of carboxylic acid groups (broad SMARTS) is 1. The van der Waals surface area contributed by atoms with Gasteiger partial charge in [0.25, 0.3) is 11.1 Å². The van der Waals surface area contributed by atoms with Crippen LogP contribution < -0.4 is 11.1 Å². The number of hydrogen-bond acceptors (Lipinski definition) is 4. The molecule has 0 radical (unpaired) electrons. The van der Waals surface area contributed by atoms with Crippen LogP contribution in [0.5, 0.6) is 0 Å². The first-order valence-corrected chi connectivity index (χ1v) is 5.87.